The summed E-state index contributed by atoms with van der Waals surface area (Å²) in [5.41, 5.74) is 5.06. The first kappa shape index (κ1) is 18.9. The zero-order valence-electron chi connectivity index (χ0n) is 17.4. The highest BCUT2D eigenvalue weighted by atomic mass is 32.1. The van der Waals surface area contributed by atoms with Gasteiger partial charge in [-0.1, -0.05) is 17.8 Å². The molecule has 2 aliphatic rings. The number of aryl methyl sites for hydroxylation is 1. The molecule has 8 heteroatoms. The Morgan fingerprint density at radius 1 is 1.16 bits per heavy atom. The Hall–Kier alpha value is -2.84. The highest BCUT2D eigenvalue weighted by Crippen LogP contribution is 2.44. The molecule has 2 fully saturated rings. The molecule has 0 radical (unpaired) electrons. The van der Waals surface area contributed by atoms with Crippen molar-refractivity contribution in [1.82, 2.24) is 30.5 Å². The summed E-state index contributed by atoms with van der Waals surface area (Å²) in [6.45, 7) is 2.89. The van der Waals surface area contributed by atoms with Crippen LogP contribution in [0.25, 0.3) is 21.6 Å². The number of hydrogen-bond acceptors (Lipinski definition) is 7. The Balaban J connectivity index is 1.16. The molecule has 2 aliphatic carbocycles. The first-order chi connectivity index (χ1) is 15.2. The van der Waals surface area contributed by atoms with Gasteiger partial charge in [0.2, 0.25) is 0 Å². The van der Waals surface area contributed by atoms with Crippen LogP contribution in [0.1, 0.15) is 36.9 Å². The predicted octanol–water partition coefficient (Wildman–Crippen LogP) is 4.81. The first-order valence-corrected chi connectivity index (χ1v) is 11.8. The summed E-state index contributed by atoms with van der Waals surface area (Å²) in [6.07, 6.45) is 9.29. The smallest absolute Gasteiger partial charge is 0.190 e. The van der Waals surface area contributed by atoms with Crippen molar-refractivity contribution in [1.29, 1.82) is 0 Å². The topological polar surface area (TPSA) is 91.4 Å². The molecule has 7 nitrogen and oxygen atoms in total. The SMILES string of the molecule is Cc1[nH]ncc1-c1ccc2nc(Nc3cc(CNC4C[C@@H]5CC[C@H]4C5)ccn3)sc2n1. The number of pyridine rings is 2. The molecule has 6 rings (SSSR count). The van der Waals surface area contributed by atoms with E-state index >= 15 is 0 Å². The number of thiazole rings is 1. The van der Waals surface area contributed by atoms with E-state index in [0.29, 0.717) is 6.04 Å². The van der Waals surface area contributed by atoms with Crippen LogP contribution in [-0.2, 0) is 6.54 Å². The molecular weight excluding hydrogens is 406 g/mol. The van der Waals surface area contributed by atoms with Gasteiger partial charge in [0.1, 0.15) is 16.2 Å². The van der Waals surface area contributed by atoms with Crippen molar-refractivity contribution in [3.05, 3.63) is 47.9 Å². The summed E-state index contributed by atoms with van der Waals surface area (Å²) in [4.78, 5) is 14.8. The molecule has 4 aromatic heterocycles. The van der Waals surface area contributed by atoms with E-state index in [-0.39, 0.29) is 0 Å². The van der Waals surface area contributed by atoms with Crippen LogP contribution in [-0.4, -0.2) is 31.2 Å². The Labute approximate surface area is 184 Å². The van der Waals surface area contributed by atoms with Gasteiger partial charge in [-0.25, -0.2) is 15.0 Å². The molecular formula is C23H25N7S. The number of aromatic nitrogens is 5. The zero-order chi connectivity index (χ0) is 20.8. The van der Waals surface area contributed by atoms with E-state index in [0.717, 1.165) is 56.6 Å². The van der Waals surface area contributed by atoms with Crippen molar-refractivity contribution in [2.45, 2.75) is 45.2 Å². The lowest BCUT2D eigenvalue weighted by Crippen LogP contribution is -2.33. The van der Waals surface area contributed by atoms with Crippen molar-refractivity contribution in [3.63, 3.8) is 0 Å². The minimum absolute atomic E-state index is 0.687. The molecule has 2 saturated carbocycles. The van der Waals surface area contributed by atoms with Gasteiger partial charge < -0.3 is 10.6 Å². The maximum Gasteiger partial charge on any atom is 0.190 e. The van der Waals surface area contributed by atoms with Crippen LogP contribution < -0.4 is 10.6 Å². The minimum atomic E-state index is 0.687. The first-order valence-electron chi connectivity index (χ1n) is 10.9. The third-order valence-electron chi connectivity index (χ3n) is 6.73. The number of rotatable bonds is 6. The van der Waals surface area contributed by atoms with Crippen molar-refractivity contribution < 1.29 is 0 Å². The molecule has 0 aliphatic heterocycles. The number of hydrogen-bond donors (Lipinski definition) is 3. The third-order valence-corrected chi connectivity index (χ3v) is 7.61. The second-order valence-electron chi connectivity index (χ2n) is 8.79. The van der Waals surface area contributed by atoms with Crippen molar-refractivity contribution >= 4 is 32.6 Å². The van der Waals surface area contributed by atoms with E-state index in [1.165, 1.54) is 42.6 Å². The molecule has 3 N–H and O–H groups in total. The largest absolute Gasteiger partial charge is 0.316 e. The Morgan fingerprint density at radius 2 is 2.13 bits per heavy atom. The third kappa shape index (κ3) is 3.70. The van der Waals surface area contributed by atoms with Crippen LogP contribution in [0.2, 0.25) is 0 Å². The van der Waals surface area contributed by atoms with Gasteiger partial charge in [-0.3, -0.25) is 5.10 Å². The number of fused-ring (bicyclic) bond motifs is 3. The van der Waals surface area contributed by atoms with Crippen LogP contribution >= 0.6 is 11.3 Å². The lowest BCUT2D eigenvalue weighted by atomic mass is 9.95. The molecule has 4 heterocycles. The van der Waals surface area contributed by atoms with E-state index in [4.69, 9.17) is 4.98 Å². The van der Waals surface area contributed by atoms with Gasteiger partial charge in [0.05, 0.1) is 11.9 Å². The quantitative estimate of drug-likeness (QED) is 0.406. The summed E-state index contributed by atoms with van der Waals surface area (Å²) in [6, 6.07) is 8.88. The molecule has 1 unspecified atom stereocenters. The van der Waals surface area contributed by atoms with E-state index < -0.39 is 0 Å². The summed E-state index contributed by atoms with van der Waals surface area (Å²) in [5.74, 6) is 2.66. The van der Waals surface area contributed by atoms with Crippen molar-refractivity contribution in [2.75, 3.05) is 5.32 Å². The second kappa shape index (κ2) is 7.69. The predicted molar refractivity (Wildman–Crippen MR) is 123 cm³/mol. The van der Waals surface area contributed by atoms with Gasteiger partial charge in [-0.15, -0.1) is 0 Å². The van der Waals surface area contributed by atoms with Crippen molar-refractivity contribution in [3.8, 4) is 11.3 Å². The molecule has 31 heavy (non-hydrogen) atoms. The summed E-state index contributed by atoms with van der Waals surface area (Å²) in [5, 5.41) is 15.0. The van der Waals surface area contributed by atoms with Crippen molar-refractivity contribution in [2.24, 2.45) is 11.8 Å². The van der Waals surface area contributed by atoms with Gasteiger partial charge in [-0.2, -0.15) is 5.10 Å². The average molecular weight is 432 g/mol. The molecule has 0 saturated heterocycles. The summed E-state index contributed by atoms with van der Waals surface area (Å²) < 4.78 is 0. The maximum absolute atomic E-state index is 4.78. The van der Waals surface area contributed by atoms with Gasteiger partial charge in [0.25, 0.3) is 0 Å². The van der Waals surface area contributed by atoms with Gasteiger partial charge in [-0.05, 0) is 67.9 Å². The maximum atomic E-state index is 4.78. The molecule has 0 amide bonds. The van der Waals surface area contributed by atoms with Crippen LogP contribution in [0.3, 0.4) is 0 Å². The fourth-order valence-corrected chi connectivity index (χ4v) is 5.98. The van der Waals surface area contributed by atoms with Crippen LogP contribution in [0.5, 0.6) is 0 Å². The number of nitrogens with one attached hydrogen (secondary N) is 3. The molecule has 4 aromatic rings. The van der Waals surface area contributed by atoms with E-state index in [1.54, 1.807) is 0 Å². The van der Waals surface area contributed by atoms with E-state index in [9.17, 15) is 0 Å². The second-order valence-corrected chi connectivity index (χ2v) is 9.76. The monoisotopic (exact) mass is 431 g/mol. The molecule has 2 bridgehead atoms. The van der Waals surface area contributed by atoms with E-state index in [1.807, 2.05) is 31.5 Å². The fourth-order valence-electron chi connectivity index (χ4n) is 5.14. The molecule has 3 atom stereocenters. The number of H-pyrrole nitrogens is 1. The number of nitrogens with zero attached hydrogens (tertiary/aromatic N) is 4. The van der Waals surface area contributed by atoms with Gasteiger partial charge in [0.15, 0.2) is 5.13 Å². The van der Waals surface area contributed by atoms with Crippen LogP contribution in [0.4, 0.5) is 10.9 Å². The lowest BCUT2D eigenvalue weighted by molar-refractivity contribution is 0.350. The minimum Gasteiger partial charge on any atom is -0.316 e. The van der Waals surface area contributed by atoms with Gasteiger partial charge >= 0.3 is 0 Å². The number of aromatic amines is 1. The molecule has 0 aromatic carbocycles. The summed E-state index contributed by atoms with van der Waals surface area (Å²) >= 11 is 1.54. The van der Waals surface area contributed by atoms with Gasteiger partial charge in [0, 0.05) is 30.0 Å². The standard InChI is InChI=1S/C23H25N7S/c1-13-17(12-26-30-13)18-4-5-19-22(27-18)31-23(28-19)29-21-10-15(6-7-24-21)11-25-20-9-14-2-3-16(20)8-14/h4-7,10,12,14,16,20,25H,2-3,8-9,11H2,1H3,(H,26,30)(H,24,28,29)/t14-,16+,20?/m1/s1. The normalized spacial score (nSPS) is 22.4. The summed E-state index contributed by atoms with van der Waals surface area (Å²) in [7, 11) is 0. The Kier molecular flexibility index (Phi) is 4.69. The van der Waals surface area contributed by atoms with Crippen LogP contribution in [0.15, 0.2) is 36.7 Å². The highest BCUT2D eigenvalue weighted by molar-refractivity contribution is 7.21. The number of anilines is 2. The fraction of sp³-hybridized carbons (Fsp3) is 0.391. The van der Waals surface area contributed by atoms with E-state index in [2.05, 4.69) is 42.9 Å². The average Bonchev–Trinajstić information content (AvgIpc) is 3.56. The highest BCUT2D eigenvalue weighted by Gasteiger charge is 2.38. The Morgan fingerprint density at radius 3 is 2.94 bits per heavy atom. The molecule has 0 spiro atoms. The zero-order valence-corrected chi connectivity index (χ0v) is 18.2. The molecule has 158 valence electrons. The lowest BCUT2D eigenvalue weighted by Gasteiger charge is -2.23. The van der Waals surface area contributed by atoms with Crippen LogP contribution in [0, 0.1) is 18.8 Å². The Bertz CT molecular complexity index is 1230.